The van der Waals surface area contributed by atoms with Crippen molar-refractivity contribution in [2.45, 2.75) is 242 Å². The van der Waals surface area contributed by atoms with E-state index < -0.39 is 181 Å². The molecule has 8 fully saturated rings. The maximum atomic E-state index is 14.7. The van der Waals surface area contributed by atoms with E-state index in [0.717, 1.165) is 5.57 Å². The highest BCUT2D eigenvalue weighted by atomic mass is 32.3. The summed E-state index contributed by atoms with van der Waals surface area (Å²) in [6, 6.07) is 0. The van der Waals surface area contributed by atoms with Gasteiger partial charge in [-0.05, 0) is 102 Å². The molecule has 462 valence electrons. The molecular formula is C55H86O25S. The van der Waals surface area contributed by atoms with Gasteiger partial charge >= 0.3 is 22.3 Å². The zero-order chi connectivity index (χ0) is 59.3. The van der Waals surface area contributed by atoms with Gasteiger partial charge in [-0.1, -0.05) is 51.0 Å². The number of cyclic esters (lactones) is 1. The first-order chi connectivity index (χ1) is 37.9. The largest absolute Gasteiger partial charge is 0.462 e. The maximum absolute atomic E-state index is 14.7. The first kappa shape index (κ1) is 63.1. The maximum Gasteiger partial charge on any atom is 0.397 e. The molecule has 5 heterocycles. The van der Waals surface area contributed by atoms with Crippen molar-refractivity contribution in [2.75, 3.05) is 26.9 Å². The van der Waals surface area contributed by atoms with Gasteiger partial charge in [-0.2, -0.15) is 8.42 Å². The number of hydrogen-bond acceptors (Lipinski definition) is 24. The molecule has 0 bridgehead atoms. The smallest absolute Gasteiger partial charge is 0.397 e. The van der Waals surface area contributed by atoms with E-state index in [2.05, 4.69) is 39.8 Å². The normalized spacial score (nSPS) is 49.5. The Morgan fingerprint density at radius 2 is 1.42 bits per heavy atom. The fourth-order valence-corrected chi connectivity index (χ4v) is 16.8. The summed E-state index contributed by atoms with van der Waals surface area (Å²) in [5, 5.41) is 88.4. The highest BCUT2D eigenvalue weighted by Crippen LogP contribution is 2.77. The van der Waals surface area contributed by atoms with Crippen LogP contribution in [0.4, 0.5) is 0 Å². The summed E-state index contributed by atoms with van der Waals surface area (Å²) < 4.78 is 104. The summed E-state index contributed by atoms with van der Waals surface area (Å²) in [6.45, 7) is 15.8. The highest BCUT2D eigenvalue weighted by Gasteiger charge is 2.79. The number of ether oxygens (including phenoxy) is 11. The molecule has 9 N–H and O–H groups in total. The van der Waals surface area contributed by atoms with Gasteiger partial charge in [0.25, 0.3) is 0 Å². The van der Waals surface area contributed by atoms with E-state index >= 15 is 0 Å². The van der Waals surface area contributed by atoms with Crippen LogP contribution in [0.3, 0.4) is 0 Å². The lowest BCUT2D eigenvalue weighted by Gasteiger charge is -2.64. The number of methoxy groups -OCH3 is 1. The monoisotopic (exact) mass is 1180 g/mol. The second-order valence-corrected chi connectivity index (χ2v) is 26.6. The van der Waals surface area contributed by atoms with Crippen molar-refractivity contribution in [3.05, 3.63) is 23.3 Å². The van der Waals surface area contributed by atoms with Crippen LogP contribution in [-0.2, 0) is 76.3 Å². The van der Waals surface area contributed by atoms with Gasteiger partial charge in [0.1, 0.15) is 91.1 Å². The van der Waals surface area contributed by atoms with Gasteiger partial charge in [0.05, 0.1) is 43.4 Å². The number of fused-ring (bicyclic) bond motifs is 4. The van der Waals surface area contributed by atoms with Gasteiger partial charge in [-0.3, -0.25) is 14.1 Å². The summed E-state index contributed by atoms with van der Waals surface area (Å²) in [5.41, 5.74) is -1.02. The highest BCUT2D eigenvalue weighted by molar-refractivity contribution is 7.80. The molecule has 5 aliphatic heterocycles. The summed E-state index contributed by atoms with van der Waals surface area (Å²) in [5.74, 6) is -0.962. The van der Waals surface area contributed by atoms with E-state index in [1.54, 1.807) is 0 Å². The number of carbonyl (C=O) groups is 2. The SMILES string of the molecule is COC1C(O)[C@H](OC2C(O)[C@H](O[C@H]3C(O)[C@H](O)[C@H](OC4C(O[C@H]5CC[C@@]6(C)C(CC=C7[C@H]6CC[C@]68C(=O)O[C@@](C)(CCC=C(C)C)[C@H]6C(OC(C)=O)C[C@@]78C)C5(C)C)OC[C@@H](OS(=O)(=O)O)C4O)O[C@@H]3C)OC[C@H]2O)OC(CO)[C@H]1O. The average molecular weight is 1180 g/mol. The lowest BCUT2D eigenvalue weighted by molar-refractivity contribution is -0.382. The van der Waals surface area contributed by atoms with Crippen LogP contribution in [0.25, 0.3) is 0 Å². The van der Waals surface area contributed by atoms with E-state index in [1.807, 2.05) is 20.8 Å². The number of esters is 2. The molecule has 4 aliphatic carbocycles. The molecule has 0 aromatic heterocycles. The van der Waals surface area contributed by atoms with Crippen LogP contribution in [0, 0.1) is 39.4 Å². The van der Waals surface area contributed by atoms with Crippen LogP contribution in [0.2, 0.25) is 0 Å². The third kappa shape index (κ3) is 11.1. The number of hydrogen-bond donors (Lipinski definition) is 9. The average Bonchev–Trinajstić information content (AvgIpc) is 2.85. The molecule has 26 heteroatoms. The molecular weight excluding hydrogens is 1090 g/mol. The number of carbonyl (C=O) groups excluding carboxylic acids is 2. The van der Waals surface area contributed by atoms with Crippen molar-refractivity contribution in [3.8, 4) is 0 Å². The summed E-state index contributed by atoms with van der Waals surface area (Å²) in [6.07, 6.45) is -20.9. The first-order valence-electron chi connectivity index (χ1n) is 28.3. The third-order valence-electron chi connectivity index (χ3n) is 20.2. The Labute approximate surface area is 472 Å². The summed E-state index contributed by atoms with van der Waals surface area (Å²) in [4.78, 5) is 27.4. The molecule has 0 radical (unpaired) electrons. The van der Waals surface area contributed by atoms with Crippen LogP contribution >= 0.6 is 0 Å². The lowest BCUT2D eigenvalue weighted by Crippen LogP contribution is -2.65. The molecule has 0 amide bonds. The Balaban J connectivity index is 0.908. The van der Waals surface area contributed by atoms with Gasteiger partial charge in [-0.15, -0.1) is 0 Å². The lowest BCUT2D eigenvalue weighted by atomic mass is 9.41. The zero-order valence-electron chi connectivity index (χ0n) is 47.7. The van der Waals surface area contributed by atoms with Crippen molar-refractivity contribution < 1.29 is 120 Å². The molecule has 0 aromatic carbocycles. The number of allylic oxidation sites excluding steroid dienone is 4. The Morgan fingerprint density at radius 1 is 0.765 bits per heavy atom. The second-order valence-electron chi connectivity index (χ2n) is 25.6. The van der Waals surface area contributed by atoms with E-state index in [4.69, 9.17) is 56.3 Å². The van der Waals surface area contributed by atoms with Crippen molar-refractivity contribution in [1.29, 1.82) is 0 Å². The Hall–Kier alpha value is -2.39. The molecule has 81 heavy (non-hydrogen) atoms. The standard InChI is InChI=1S/C55H86O25S/c1-24(2)12-11-17-54(9)45-30(73-26(4)57)20-53(8)28-13-14-33-51(5,6)34(16-18-52(33,7)27(28)15-19-55(45,53)50(65)79-54)75-49-44(36(60)32(23-71-49)80-81(66,67)68)78-47-38(62)37(61)41(25(3)72-47)76-46-39(63)42(29(58)22-70-46)77-48-40(64)43(69-10)35(59)31(21-56)74-48/h12-13,25,27,29-49,56,58-64H,11,14-23H2,1-10H3,(H,66,67,68)/t25-,27-,29-,30?,31?,32-,33?,34+,35-,36?,37?,38+,39?,40?,41-,42?,43?,44?,45-,46+,47+,48+,49?,52-,53+,54+,55-/m1/s1. The van der Waals surface area contributed by atoms with Crippen LogP contribution in [0.1, 0.15) is 114 Å². The van der Waals surface area contributed by atoms with Gasteiger partial charge in [0, 0.05) is 19.4 Å². The second kappa shape index (κ2) is 23.4. The predicted octanol–water partition coefficient (Wildman–Crippen LogP) is 0.620. The van der Waals surface area contributed by atoms with E-state index in [-0.39, 0.29) is 29.1 Å². The van der Waals surface area contributed by atoms with E-state index in [9.17, 15) is 63.4 Å². The third-order valence-corrected chi connectivity index (χ3v) is 20.6. The molecule has 3 saturated carbocycles. The van der Waals surface area contributed by atoms with Crippen LogP contribution in [0.5, 0.6) is 0 Å². The predicted molar refractivity (Wildman–Crippen MR) is 276 cm³/mol. The molecule has 9 rings (SSSR count). The van der Waals surface area contributed by atoms with Gasteiger partial charge in [-0.25, -0.2) is 4.18 Å². The molecule has 9 aliphatic rings. The zero-order valence-corrected chi connectivity index (χ0v) is 48.5. The minimum Gasteiger partial charge on any atom is -0.462 e. The molecule has 25 nitrogen and oxygen atoms in total. The number of rotatable bonds is 16. The number of aliphatic hydroxyl groups excluding tert-OH is 8. The summed E-state index contributed by atoms with van der Waals surface area (Å²) >= 11 is 0. The van der Waals surface area contributed by atoms with Crippen LogP contribution in [0.15, 0.2) is 23.3 Å². The Kier molecular flexibility index (Phi) is 18.2. The quantitative estimate of drug-likeness (QED) is 0.0581. The van der Waals surface area contributed by atoms with Gasteiger partial charge < -0.3 is 93.0 Å². The molecule has 5 saturated heterocycles. The van der Waals surface area contributed by atoms with Crippen LogP contribution in [-0.4, -0.2) is 221 Å². The fraction of sp³-hybridized carbons (Fsp3) is 0.891. The van der Waals surface area contributed by atoms with Crippen molar-refractivity contribution >= 4 is 22.3 Å². The molecule has 27 atom stereocenters. The van der Waals surface area contributed by atoms with Crippen molar-refractivity contribution in [3.63, 3.8) is 0 Å². The number of aliphatic hydroxyl groups is 8. The topological polar surface area (TPSA) is 361 Å². The van der Waals surface area contributed by atoms with Crippen molar-refractivity contribution in [1.82, 2.24) is 0 Å². The molecule has 1 spiro atoms. The Morgan fingerprint density at radius 3 is 2.07 bits per heavy atom. The molecule has 11 unspecified atom stereocenters. The van der Waals surface area contributed by atoms with Crippen LogP contribution < -0.4 is 0 Å². The minimum atomic E-state index is -5.16. The van der Waals surface area contributed by atoms with Crippen molar-refractivity contribution in [2.24, 2.45) is 39.4 Å². The summed E-state index contributed by atoms with van der Waals surface area (Å²) in [7, 11) is -3.95. The fourth-order valence-electron chi connectivity index (χ4n) is 16.3. The first-order valence-corrected chi connectivity index (χ1v) is 29.7. The molecule has 0 aromatic rings. The van der Waals surface area contributed by atoms with Gasteiger partial charge in [0.15, 0.2) is 25.2 Å². The van der Waals surface area contributed by atoms with E-state index in [1.165, 1.54) is 26.5 Å². The van der Waals surface area contributed by atoms with E-state index in [0.29, 0.717) is 51.4 Å². The minimum absolute atomic E-state index is 0.0129. The van der Waals surface area contributed by atoms with Gasteiger partial charge in [0.2, 0.25) is 0 Å². The Bertz CT molecular complexity index is 2460.